The van der Waals surface area contributed by atoms with Crippen LogP contribution in [0.25, 0.3) is 0 Å². The lowest BCUT2D eigenvalue weighted by molar-refractivity contribution is 0.570. The van der Waals surface area contributed by atoms with Crippen LogP contribution in [-0.2, 0) is 4.79 Å². The van der Waals surface area contributed by atoms with Crippen molar-refractivity contribution in [3.63, 3.8) is 0 Å². The number of benzene rings is 1. The Morgan fingerprint density at radius 1 is 1.21 bits per heavy atom. The number of thiol groups is 1. The molecule has 0 N–H and O–H groups in total. The Kier molecular flexibility index (Phi) is 3.11. The highest BCUT2D eigenvalue weighted by atomic mass is 32.2. The van der Waals surface area contributed by atoms with E-state index in [2.05, 4.69) is 12.1 Å². The van der Waals surface area contributed by atoms with Gasteiger partial charge < -0.3 is 0 Å². The zero-order chi connectivity index (χ0) is 9.80. The van der Waals surface area contributed by atoms with Crippen LogP contribution in [0.1, 0.15) is 0 Å². The molecule has 1 aromatic carbocycles. The molecule has 72 valence electrons. The Hall–Kier alpha value is -0.930. The first kappa shape index (κ1) is 9.62. The van der Waals surface area contributed by atoms with E-state index in [1.165, 1.54) is 9.80 Å². The molecular formula is C11H10OS2. The number of allylic oxidation sites excluding steroid dienone is 1. The molecule has 1 nitrogen and oxygen atoms in total. The topological polar surface area (TPSA) is 17.1 Å². The number of carbonyl (C=O) groups is 1. The molecule has 1 aromatic rings. The molecule has 1 unspecified atom stereocenters. The van der Waals surface area contributed by atoms with E-state index in [1.807, 2.05) is 35.1 Å². The molecule has 0 aliphatic carbocycles. The minimum Gasteiger partial charge on any atom is -0.292 e. The lowest BCUT2D eigenvalue weighted by atomic mass is 10.4. The third-order valence-electron chi connectivity index (χ3n) is 1.79. The van der Waals surface area contributed by atoms with Crippen LogP contribution in [0.15, 0.2) is 57.0 Å². The van der Waals surface area contributed by atoms with Gasteiger partial charge >= 0.3 is 0 Å². The van der Waals surface area contributed by atoms with E-state index in [0.717, 1.165) is 5.62 Å². The Balaban J connectivity index is 2.07. The van der Waals surface area contributed by atoms with Crippen LogP contribution in [0.4, 0.5) is 0 Å². The third kappa shape index (κ3) is 2.30. The van der Waals surface area contributed by atoms with Gasteiger partial charge in [0.05, 0.1) is 0 Å². The van der Waals surface area contributed by atoms with Crippen LogP contribution in [0, 0.1) is 0 Å². The summed E-state index contributed by atoms with van der Waals surface area (Å²) in [5.74, 6) is 0. The number of hydrogen-bond acceptors (Lipinski definition) is 2. The number of rotatable bonds is 3. The second-order valence-electron chi connectivity index (χ2n) is 2.81. The van der Waals surface area contributed by atoms with E-state index in [-0.39, 0.29) is 0 Å². The second-order valence-corrected chi connectivity index (χ2v) is 5.62. The van der Waals surface area contributed by atoms with Crippen molar-refractivity contribution >= 4 is 28.3 Å². The van der Waals surface area contributed by atoms with Gasteiger partial charge in [-0.25, -0.2) is 0 Å². The first-order valence-electron chi connectivity index (χ1n) is 4.24. The zero-order valence-electron chi connectivity index (χ0n) is 7.46. The summed E-state index contributed by atoms with van der Waals surface area (Å²) in [5, 5.41) is 4.02. The molecule has 2 rings (SSSR count). The summed E-state index contributed by atoms with van der Waals surface area (Å²) >= 11 is 1.70. The molecular weight excluding hydrogens is 212 g/mol. The van der Waals surface area contributed by atoms with Crippen molar-refractivity contribution in [2.45, 2.75) is 4.90 Å². The minimum absolute atomic E-state index is 0.622. The molecule has 1 aliphatic rings. The molecule has 1 atom stereocenters. The summed E-state index contributed by atoms with van der Waals surface area (Å²) in [6.45, 7) is 0. The maximum atomic E-state index is 10.5. The van der Waals surface area contributed by atoms with Crippen molar-refractivity contribution in [3.8, 4) is 0 Å². The highest BCUT2D eigenvalue weighted by molar-refractivity contribution is 8.33. The first-order chi connectivity index (χ1) is 6.88. The average Bonchev–Trinajstić information content (AvgIpc) is 2.67. The van der Waals surface area contributed by atoms with E-state index < -0.39 is 10.9 Å². The number of hydrogen-bond donors (Lipinski definition) is 1. The van der Waals surface area contributed by atoms with Crippen LogP contribution in [0.3, 0.4) is 0 Å². The highest BCUT2D eigenvalue weighted by Crippen LogP contribution is 2.40. The quantitative estimate of drug-likeness (QED) is 0.624. The van der Waals surface area contributed by atoms with Crippen molar-refractivity contribution in [2.24, 2.45) is 0 Å². The van der Waals surface area contributed by atoms with Gasteiger partial charge in [-0.2, -0.15) is 10.9 Å². The van der Waals surface area contributed by atoms with Gasteiger partial charge in [0, 0.05) is 9.80 Å². The van der Waals surface area contributed by atoms with Crippen molar-refractivity contribution < 1.29 is 4.79 Å². The van der Waals surface area contributed by atoms with E-state index in [9.17, 15) is 4.79 Å². The first-order valence-corrected chi connectivity index (χ1v) is 6.61. The fourth-order valence-corrected chi connectivity index (χ4v) is 3.45. The summed E-state index contributed by atoms with van der Waals surface area (Å²) in [6, 6.07) is 10.2. The van der Waals surface area contributed by atoms with Crippen LogP contribution in [-0.4, -0.2) is 5.62 Å². The van der Waals surface area contributed by atoms with Gasteiger partial charge in [-0.15, -0.1) is 0 Å². The lowest BCUT2D eigenvalue weighted by Gasteiger charge is -1.99. The Morgan fingerprint density at radius 2 is 2.00 bits per heavy atom. The summed E-state index contributed by atoms with van der Waals surface area (Å²) in [5.41, 5.74) is 1.02. The highest BCUT2D eigenvalue weighted by Gasteiger charge is 2.05. The lowest BCUT2D eigenvalue weighted by Crippen LogP contribution is -1.69. The molecule has 0 saturated heterocycles. The fourth-order valence-electron chi connectivity index (χ4n) is 1.14. The van der Waals surface area contributed by atoms with Gasteiger partial charge in [-0.1, -0.05) is 30.0 Å². The van der Waals surface area contributed by atoms with E-state index in [0.29, 0.717) is 0 Å². The van der Waals surface area contributed by atoms with Crippen molar-refractivity contribution in [1.29, 1.82) is 0 Å². The van der Waals surface area contributed by atoms with Crippen LogP contribution >= 0.6 is 22.7 Å². The van der Waals surface area contributed by atoms with Gasteiger partial charge in [0.2, 0.25) is 0 Å². The predicted octanol–water partition coefficient (Wildman–Crippen LogP) is 3.34. The van der Waals surface area contributed by atoms with E-state index in [4.69, 9.17) is 0 Å². The maximum Gasteiger partial charge on any atom is 0.163 e. The largest absolute Gasteiger partial charge is 0.292 e. The Labute approximate surface area is 90.2 Å². The molecule has 0 spiro atoms. The van der Waals surface area contributed by atoms with Gasteiger partial charge in [0.25, 0.3) is 0 Å². The second kappa shape index (κ2) is 4.53. The predicted molar refractivity (Wildman–Crippen MR) is 65.3 cm³/mol. The van der Waals surface area contributed by atoms with Crippen LogP contribution < -0.4 is 0 Å². The monoisotopic (exact) mass is 222 g/mol. The summed E-state index contributed by atoms with van der Waals surface area (Å²) in [4.78, 5) is 12.9. The van der Waals surface area contributed by atoms with Gasteiger partial charge in [0.15, 0.2) is 5.62 Å². The van der Waals surface area contributed by atoms with Crippen molar-refractivity contribution in [1.82, 2.24) is 0 Å². The minimum atomic E-state index is -0.622. The fraction of sp³-hybridized carbons (Fsp3) is 0. The van der Waals surface area contributed by atoms with Crippen LogP contribution in [0.2, 0.25) is 0 Å². The van der Waals surface area contributed by atoms with Gasteiger partial charge in [0.1, 0.15) is 0 Å². The summed E-state index contributed by atoms with van der Waals surface area (Å²) in [6.07, 6.45) is 2.03. The van der Waals surface area contributed by atoms with Crippen molar-refractivity contribution in [3.05, 3.63) is 52.1 Å². The van der Waals surface area contributed by atoms with Gasteiger partial charge in [-0.05, 0) is 29.0 Å². The third-order valence-corrected chi connectivity index (χ3v) is 4.27. The molecule has 1 heterocycles. The van der Waals surface area contributed by atoms with E-state index >= 15 is 0 Å². The number of carbonyl (C=O) groups excluding carboxylic acids is 1. The normalized spacial score (nSPS) is 22.0. The maximum absolute atomic E-state index is 10.5. The Bertz CT molecular complexity index is 382. The van der Waals surface area contributed by atoms with Crippen LogP contribution in [0.5, 0.6) is 0 Å². The molecule has 0 amide bonds. The average molecular weight is 222 g/mol. The molecule has 0 saturated carbocycles. The molecule has 0 aromatic heterocycles. The summed E-state index contributed by atoms with van der Waals surface area (Å²) in [7, 11) is -0.622. The molecule has 14 heavy (non-hydrogen) atoms. The van der Waals surface area contributed by atoms with E-state index in [1.54, 1.807) is 11.8 Å². The molecule has 0 radical (unpaired) electrons. The molecule has 3 heteroatoms. The SMILES string of the molecule is O=C[SH]1C=CC(Sc2ccccc2)=C1. The summed E-state index contributed by atoms with van der Waals surface area (Å²) < 4.78 is 0. The smallest absolute Gasteiger partial charge is 0.163 e. The molecule has 0 fully saturated rings. The molecule has 0 bridgehead atoms. The van der Waals surface area contributed by atoms with Gasteiger partial charge in [-0.3, -0.25) is 4.79 Å². The Morgan fingerprint density at radius 3 is 2.64 bits per heavy atom. The molecule has 1 aliphatic heterocycles. The standard InChI is InChI=1S/C11H10OS2/c12-9-14-7-6-11(8-14)13-10-4-2-1-3-5-10/h1-9,14H. The zero-order valence-corrected chi connectivity index (χ0v) is 9.17. The van der Waals surface area contributed by atoms with Crippen molar-refractivity contribution in [2.75, 3.05) is 0 Å². The number of thioether (sulfide) groups is 1.